The van der Waals surface area contributed by atoms with Gasteiger partial charge in [0, 0.05) is 11.3 Å². The number of hydrogen-bond acceptors (Lipinski definition) is 6. The Kier molecular flexibility index (Phi) is 5.20. The number of carbonyl (C=O) groups excluding carboxylic acids is 2. The van der Waals surface area contributed by atoms with Gasteiger partial charge < -0.3 is 14.3 Å². The number of phenolic OH excluding ortho intramolecular Hbond substituents is 1. The number of aromatic nitrogens is 1. The number of anilines is 1. The highest BCUT2D eigenvalue weighted by atomic mass is 16.5. The van der Waals surface area contributed by atoms with Gasteiger partial charge in [0.25, 0.3) is 0 Å². The molecule has 0 bridgehead atoms. The van der Waals surface area contributed by atoms with Gasteiger partial charge in [0.05, 0.1) is 5.56 Å². The average Bonchev–Trinajstić information content (AvgIpc) is 3.27. The lowest BCUT2D eigenvalue weighted by atomic mass is 10.1. The Morgan fingerprint density at radius 1 is 1.00 bits per heavy atom. The van der Waals surface area contributed by atoms with Gasteiger partial charge in [0.15, 0.2) is 11.9 Å². The van der Waals surface area contributed by atoms with Crippen molar-refractivity contribution in [3.05, 3.63) is 90.0 Å². The molecule has 0 saturated carbocycles. The maximum Gasteiger partial charge on any atom is 0.411 e. The number of rotatable bonds is 5. The van der Waals surface area contributed by atoms with Gasteiger partial charge in [0.2, 0.25) is 5.89 Å². The number of nitrogens with one attached hydrogen (secondary N) is 1. The van der Waals surface area contributed by atoms with Gasteiger partial charge in [-0.1, -0.05) is 30.3 Å². The van der Waals surface area contributed by atoms with Gasteiger partial charge in [-0.3, -0.25) is 10.1 Å². The third-order valence-corrected chi connectivity index (χ3v) is 5.22. The fourth-order valence-corrected chi connectivity index (χ4v) is 3.53. The molecule has 162 valence electrons. The van der Waals surface area contributed by atoms with Gasteiger partial charge in [-0.15, -0.1) is 0 Å². The summed E-state index contributed by atoms with van der Waals surface area (Å²) in [5.74, 6) is 0.398. The van der Waals surface area contributed by atoms with Gasteiger partial charge >= 0.3 is 6.09 Å². The van der Waals surface area contributed by atoms with E-state index in [9.17, 15) is 14.7 Å². The molecule has 0 aliphatic heterocycles. The molecule has 33 heavy (non-hydrogen) atoms. The van der Waals surface area contributed by atoms with E-state index in [1.165, 1.54) is 12.1 Å². The quantitative estimate of drug-likeness (QED) is 0.331. The van der Waals surface area contributed by atoms with Crippen LogP contribution in [0.2, 0.25) is 0 Å². The Morgan fingerprint density at radius 2 is 1.82 bits per heavy atom. The van der Waals surface area contributed by atoms with Crippen LogP contribution in [0, 0.1) is 0 Å². The van der Waals surface area contributed by atoms with Gasteiger partial charge in [-0.25, -0.2) is 9.78 Å². The fraction of sp³-hybridized carbons (Fsp3) is 0.0385. The van der Waals surface area contributed by atoms with Crippen molar-refractivity contribution in [2.45, 2.75) is 6.61 Å². The van der Waals surface area contributed by atoms with E-state index in [-0.39, 0.29) is 17.9 Å². The van der Waals surface area contributed by atoms with E-state index in [4.69, 9.17) is 9.15 Å². The lowest BCUT2D eigenvalue weighted by Crippen LogP contribution is -2.13. The predicted molar refractivity (Wildman–Crippen MR) is 124 cm³/mol. The van der Waals surface area contributed by atoms with E-state index < -0.39 is 6.09 Å². The van der Waals surface area contributed by atoms with E-state index in [0.717, 1.165) is 27.4 Å². The molecule has 4 aromatic carbocycles. The van der Waals surface area contributed by atoms with Crippen molar-refractivity contribution in [2.75, 3.05) is 5.32 Å². The molecule has 0 unspecified atom stereocenters. The van der Waals surface area contributed by atoms with Crippen LogP contribution >= 0.6 is 0 Å². The molecule has 0 atom stereocenters. The van der Waals surface area contributed by atoms with Crippen LogP contribution < -0.4 is 5.32 Å². The van der Waals surface area contributed by atoms with E-state index in [2.05, 4.69) is 10.3 Å². The summed E-state index contributed by atoms with van der Waals surface area (Å²) < 4.78 is 11.1. The van der Waals surface area contributed by atoms with Gasteiger partial charge in [-0.2, -0.15) is 0 Å². The molecule has 5 rings (SSSR count). The lowest BCUT2D eigenvalue weighted by Gasteiger charge is -2.09. The molecule has 0 aliphatic carbocycles. The maximum absolute atomic E-state index is 12.2. The lowest BCUT2D eigenvalue weighted by molar-refractivity contribution is 0.112. The molecule has 1 amide bonds. The molecule has 0 saturated heterocycles. The summed E-state index contributed by atoms with van der Waals surface area (Å²) in [6, 6.07) is 23.5. The molecule has 1 heterocycles. The van der Waals surface area contributed by atoms with Crippen molar-refractivity contribution in [1.82, 2.24) is 4.98 Å². The van der Waals surface area contributed by atoms with E-state index in [1.807, 2.05) is 54.6 Å². The second-order valence-electron chi connectivity index (χ2n) is 7.48. The third kappa shape index (κ3) is 4.24. The first-order chi connectivity index (χ1) is 16.1. The Morgan fingerprint density at radius 3 is 2.64 bits per heavy atom. The predicted octanol–water partition coefficient (Wildman–Crippen LogP) is 5.91. The monoisotopic (exact) mass is 438 g/mol. The number of oxazole rings is 1. The Labute approximate surface area is 188 Å². The normalized spacial score (nSPS) is 10.9. The van der Waals surface area contributed by atoms with Crippen LogP contribution in [0.4, 0.5) is 10.5 Å². The zero-order valence-electron chi connectivity index (χ0n) is 17.3. The van der Waals surface area contributed by atoms with Gasteiger partial charge in [0.1, 0.15) is 17.9 Å². The number of para-hydroxylation sites is 2. The second kappa shape index (κ2) is 8.47. The highest BCUT2D eigenvalue weighted by molar-refractivity contribution is 5.93. The number of aromatic hydroxyl groups is 1. The van der Waals surface area contributed by atoms with Crippen molar-refractivity contribution >= 4 is 39.9 Å². The molecular weight excluding hydrogens is 420 g/mol. The summed E-state index contributed by atoms with van der Waals surface area (Å²) in [6.07, 6.45) is -0.0702. The largest absolute Gasteiger partial charge is 0.507 e. The molecule has 2 N–H and O–H groups in total. The van der Waals surface area contributed by atoms with Crippen LogP contribution in [0.3, 0.4) is 0 Å². The fourth-order valence-electron chi connectivity index (χ4n) is 3.53. The van der Waals surface area contributed by atoms with Crippen molar-refractivity contribution in [3.8, 4) is 17.2 Å². The molecule has 0 spiro atoms. The second-order valence-corrected chi connectivity index (χ2v) is 7.48. The molecule has 7 nitrogen and oxygen atoms in total. The number of carbonyl (C=O) groups is 2. The molecule has 0 radical (unpaired) electrons. The number of aldehydes is 1. The molecule has 1 aromatic heterocycles. The van der Waals surface area contributed by atoms with Crippen LogP contribution in [-0.4, -0.2) is 22.5 Å². The first-order valence-corrected chi connectivity index (χ1v) is 10.2. The minimum Gasteiger partial charge on any atom is -0.507 e. The molecular formula is C26H18N2O5. The minimum atomic E-state index is -0.628. The number of hydrogen-bond donors (Lipinski definition) is 2. The van der Waals surface area contributed by atoms with E-state index in [0.29, 0.717) is 23.4 Å². The van der Waals surface area contributed by atoms with Crippen LogP contribution in [-0.2, 0) is 11.3 Å². The third-order valence-electron chi connectivity index (χ3n) is 5.22. The number of benzene rings is 4. The smallest absolute Gasteiger partial charge is 0.411 e. The molecule has 0 aliphatic rings. The number of phenols is 1. The highest BCUT2D eigenvalue weighted by Gasteiger charge is 2.10. The highest BCUT2D eigenvalue weighted by Crippen LogP contribution is 2.28. The summed E-state index contributed by atoms with van der Waals surface area (Å²) in [7, 11) is 0. The Hall–Kier alpha value is -4.65. The van der Waals surface area contributed by atoms with Crippen LogP contribution in [0.5, 0.6) is 5.75 Å². The zero-order valence-corrected chi connectivity index (χ0v) is 17.3. The van der Waals surface area contributed by atoms with E-state index in [1.54, 1.807) is 12.1 Å². The van der Waals surface area contributed by atoms with Crippen LogP contribution in [0.1, 0.15) is 15.9 Å². The summed E-state index contributed by atoms with van der Waals surface area (Å²) >= 11 is 0. The van der Waals surface area contributed by atoms with Crippen LogP contribution in [0.25, 0.3) is 33.3 Å². The summed E-state index contributed by atoms with van der Waals surface area (Å²) in [4.78, 5) is 27.5. The standard InChI is InChI=1S/C26H18N2O5/c29-14-20-6-5-16(11-23(20)30)15-32-26(31)27-21-10-9-17-12-19(8-7-18(17)13-21)25-28-22-3-1-2-4-24(22)33-25/h1-14,30H,15H2,(H,27,31). The molecule has 5 aromatic rings. The SMILES string of the molecule is O=Cc1ccc(COC(=O)Nc2ccc3cc(-c4nc5ccccc5o4)ccc3c2)cc1O. The van der Waals surface area contributed by atoms with Crippen molar-refractivity contribution in [3.63, 3.8) is 0 Å². The first-order valence-electron chi connectivity index (χ1n) is 10.2. The minimum absolute atomic E-state index is 0.0417. The average molecular weight is 438 g/mol. The van der Waals surface area contributed by atoms with Crippen molar-refractivity contribution < 1.29 is 23.8 Å². The molecule has 7 heteroatoms. The number of ether oxygens (including phenoxy) is 1. The maximum atomic E-state index is 12.2. The van der Waals surface area contributed by atoms with Gasteiger partial charge in [-0.05, 0) is 64.9 Å². The van der Waals surface area contributed by atoms with Crippen molar-refractivity contribution in [2.24, 2.45) is 0 Å². The topological polar surface area (TPSA) is 102 Å². The number of fused-ring (bicyclic) bond motifs is 2. The first kappa shape index (κ1) is 20.3. The summed E-state index contributed by atoms with van der Waals surface area (Å²) in [5, 5.41) is 14.3. The Balaban J connectivity index is 1.28. The summed E-state index contributed by atoms with van der Waals surface area (Å²) in [6.45, 7) is -0.0417. The van der Waals surface area contributed by atoms with Crippen molar-refractivity contribution in [1.29, 1.82) is 0 Å². The van der Waals surface area contributed by atoms with E-state index >= 15 is 0 Å². The Bertz CT molecular complexity index is 1470. The zero-order chi connectivity index (χ0) is 22.8. The number of amides is 1. The molecule has 0 fully saturated rings. The van der Waals surface area contributed by atoms with Crippen LogP contribution in [0.15, 0.2) is 83.3 Å². The number of nitrogens with zero attached hydrogens (tertiary/aromatic N) is 1. The summed E-state index contributed by atoms with van der Waals surface area (Å²) in [5.41, 5.74) is 3.74.